The maximum Gasteiger partial charge on any atom is 0.406 e. The highest BCUT2D eigenvalue weighted by molar-refractivity contribution is 5.85. The van der Waals surface area contributed by atoms with Gasteiger partial charge in [-0.05, 0) is 12.5 Å². The molecule has 0 aliphatic rings. The highest BCUT2D eigenvalue weighted by Gasteiger charge is 2.31. The number of halogens is 5. The first-order valence-electron chi connectivity index (χ1n) is 6.34. The molecule has 1 aromatic heterocycles. The van der Waals surface area contributed by atoms with Crippen molar-refractivity contribution in [3.63, 3.8) is 0 Å². The molecular formula is C14H12F5NO2. The minimum absolute atomic E-state index is 0.0548. The van der Waals surface area contributed by atoms with E-state index >= 15 is 0 Å². The van der Waals surface area contributed by atoms with E-state index in [1.165, 1.54) is 0 Å². The van der Waals surface area contributed by atoms with Gasteiger partial charge in [0, 0.05) is 11.8 Å². The van der Waals surface area contributed by atoms with Crippen LogP contribution < -0.4 is 10.2 Å². The summed E-state index contributed by atoms with van der Waals surface area (Å²) in [5.41, 5.74) is -1.04. The van der Waals surface area contributed by atoms with Crippen molar-refractivity contribution in [1.29, 1.82) is 0 Å². The molecule has 22 heavy (non-hydrogen) atoms. The molecule has 0 radical (unpaired) electrons. The highest BCUT2D eigenvalue weighted by atomic mass is 19.4. The molecule has 0 aliphatic carbocycles. The molecule has 120 valence electrons. The van der Waals surface area contributed by atoms with Crippen molar-refractivity contribution in [1.82, 2.24) is 4.57 Å². The Morgan fingerprint density at radius 1 is 1.23 bits per heavy atom. The number of rotatable bonds is 3. The van der Waals surface area contributed by atoms with Crippen LogP contribution in [-0.4, -0.2) is 17.9 Å². The second-order valence-electron chi connectivity index (χ2n) is 4.66. The summed E-state index contributed by atoms with van der Waals surface area (Å²) in [6, 6.07) is 1.58. The van der Waals surface area contributed by atoms with Crippen molar-refractivity contribution in [2.75, 3.05) is 7.11 Å². The SMILES string of the molecule is CCc1cc(=O)c2cc(F)c(F)c(OC)c2n1CC(F)(F)F. The zero-order chi connectivity index (χ0) is 16.7. The lowest BCUT2D eigenvalue weighted by Gasteiger charge is -2.19. The number of aryl methyl sites for hydroxylation is 1. The minimum atomic E-state index is -4.60. The van der Waals surface area contributed by atoms with Gasteiger partial charge >= 0.3 is 6.18 Å². The lowest BCUT2D eigenvalue weighted by Crippen LogP contribution is -2.24. The van der Waals surface area contributed by atoms with Crippen molar-refractivity contribution in [2.45, 2.75) is 26.1 Å². The average Bonchev–Trinajstić information content (AvgIpc) is 2.42. The van der Waals surface area contributed by atoms with Crippen LogP contribution in [-0.2, 0) is 13.0 Å². The number of ether oxygens (including phenoxy) is 1. The maximum absolute atomic E-state index is 13.8. The molecule has 0 bridgehead atoms. The molecule has 0 saturated carbocycles. The third kappa shape index (κ3) is 2.77. The third-order valence-electron chi connectivity index (χ3n) is 3.23. The number of methoxy groups -OCH3 is 1. The fraction of sp³-hybridized carbons (Fsp3) is 0.357. The summed E-state index contributed by atoms with van der Waals surface area (Å²) in [5.74, 6) is -3.51. The van der Waals surface area contributed by atoms with Crippen LogP contribution in [0.5, 0.6) is 5.75 Å². The van der Waals surface area contributed by atoms with E-state index in [1.807, 2.05) is 0 Å². The smallest absolute Gasteiger partial charge is 0.406 e. The topological polar surface area (TPSA) is 31.2 Å². The van der Waals surface area contributed by atoms with Crippen LogP contribution in [0.3, 0.4) is 0 Å². The molecule has 0 fully saturated rings. The van der Waals surface area contributed by atoms with Gasteiger partial charge in [0.1, 0.15) is 6.54 Å². The Balaban J connectivity index is 2.99. The predicted octanol–water partition coefficient (Wildman–Crippen LogP) is 3.41. The van der Waals surface area contributed by atoms with Crippen molar-refractivity contribution in [3.8, 4) is 5.75 Å². The summed E-state index contributed by atoms with van der Waals surface area (Å²) in [4.78, 5) is 12.0. The Labute approximate surface area is 121 Å². The van der Waals surface area contributed by atoms with Crippen LogP contribution in [0.15, 0.2) is 16.9 Å². The largest absolute Gasteiger partial charge is 0.491 e. The highest BCUT2D eigenvalue weighted by Crippen LogP contribution is 2.32. The van der Waals surface area contributed by atoms with E-state index < -0.39 is 41.1 Å². The van der Waals surface area contributed by atoms with Gasteiger partial charge in [0.05, 0.1) is 18.0 Å². The predicted molar refractivity (Wildman–Crippen MR) is 70.1 cm³/mol. The Morgan fingerprint density at radius 3 is 2.36 bits per heavy atom. The molecule has 1 heterocycles. The Morgan fingerprint density at radius 2 is 1.86 bits per heavy atom. The molecule has 8 heteroatoms. The summed E-state index contributed by atoms with van der Waals surface area (Å²) in [6.07, 6.45) is -4.48. The van der Waals surface area contributed by atoms with Crippen LogP contribution in [0.1, 0.15) is 12.6 Å². The van der Waals surface area contributed by atoms with Gasteiger partial charge in [0.15, 0.2) is 17.0 Å². The molecule has 0 atom stereocenters. The Hall–Kier alpha value is -2.12. The number of pyridine rings is 1. The molecule has 3 nitrogen and oxygen atoms in total. The molecule has 0 spiro atoms. The summed E-state index contributed by atoms with van der Waals surface area (Å²) >= 11 is 0. The van der Waals surface area contributed by atoms with E-state index in [2.05, 4.69) is 0 Å². The second-order valence-corrected chi connectivity index (χ2v) is 4.66. The van der Waals surface area contributed by atoms with Gasteiger partial charge in [0.2, 0.25) is 5.82 Å². The zero-order valence-electron chi connectivity index (χ0n) is 11.7. The van der Waals surface area contributed by atoms with Gasteiger partial charge in [-0.2, -0.15) is 17.6 Å². The number of benzene rings is 1. The number of hydrogen-bond acceptors (Lipinski definition) is 2. The van der Waals surface area contributed by atoms with Gasteiger partial charge in [0.25, 0.3) is 0 Å². The minimum Gasteiger partial charge on any atom is -0.491 e. The van der Waals surface area contributed by atoms with E-state index in [4.69, 9.17) is 4.74 Å². The molecule has 0 unspecified atom stereocenters. The van der Waals surface area contributed by atoms with E-state index in [9.17, 15) is 26.7 Å². The van der Waals surface area contributed by atoms with Crippen LogP contribution in [0.4, 0.5) is 22.0 Å². The monoisotopic (exact) mass is 321 g/mol. The van der Waals surface area contributed by atoms with Gasteiger partial charge in [-0.3, -0.25) is 4.79 Å². The number of fused-ring (bicyclic) bond motifs is 1. The first-order valence-corrected chi connectivity index (χ1v) is 6.34. The fourth-order valence-corrected chi connectivity index (χ4v) is 2.34. The van der Waals surface area contributed by atoms with Crippen LogP contribution in [0, 0.1) is 11.6 Å². The molecule has 2 aromatic rings. The lowest BCUT2D eigenvalue weighted by molar-refractivity contribution is -0.140. The number of hydrogen-bond donors (Lipinski definition) is 0. The van der Waals surface area contributed by atoms with Crippen molar-refractivity contribution in [3.05, 3.63) is 39.7 Å². The third-order valence-corrected chi connectivity index (χ3v) is 3.23. The van der Waals surface area contributed by atoms with E-state index in [0.29, 0.717) is 6.07 Å². The van der Waals surface area contributed by atoms with E-state index in [1.54, 1.807) is 6.92 Å². The van der Waals surface area contributed by atoms with Gasteiger partial charge in [-0.25, -0.2) is 4.39 Å². The van der Waals surface area contributed by atoms with E-state index in [-0.39, 0.29) is 17.5 Å². The molecule has 1 aromatic carbocycles. The Kier molecular flexibility index (Phi) is 4.12. The number of aromatic nitrogens is 1. The molecule has 0 N–H and O–H groups in total. The van der Waals surface area contributed by atoms with Crippen LogP contribution in [0.25, 0.3) is 10.9 Å². The number of alkyl halides is 3. The van der Waals surface area contributed by atoms with Crippen LogP contribution in [0.2, 0.25) is 0 Å². The zero-order valence-corrected chi connectivity index (χ0v) is 11.7. The molecular weight excluding hydrogens is 309 g/mol. The summed E-state index contributed by atoms with van der Waals surface area (Å²) < 4.78 is 71.1. The Bertz CT molecular complexity index is 780. The first-order chi connectivity index (χ1) is 10.2. The molecule has 2 rings (SSSR count). The van der Waals surface area contributed by atoms with Gasteiger partial charge in [-0.15, -0.1) is 0 Å². The first kappa shape index (κ1) is 16.3. The van der Waals surface area contributed by atoms with Gasteiger partial charge < -0.3 is 9.30 Å². The fourth-order valence-electron chi connectivity index (χ4n) is 2.34. The van der Waals surface area contributed by atoms with E-state index in [0.717, 1.165) is 17.7 Å². The van der Waals surface area contributed by atoms with Crippen LogP contribution >= 0.6 is 0 Å². The average molecular weight is 321 g/mol. The van der Waals surface area contributed by atoms with Crippen molar-refractivity contribution >= 4 is 10.9 Å². The quantitative estimate of drug-likeness (QED) is 0.811. The lowest BCUT2D eigenvalue weighted by atomic mass is 10.1. The normalized spacial score (nSPS) is 12.0. The summed E-state index contributed by atoms with van der Waals surface area (Å²) in [6.45, 7) is 0.119. The van der Waals surface area contributed by atoms with Crippen molar-refractivity contribution < 1.29 is 26.7 Å². The molecule has 0 saturated heterocycles. The molecule has 0 aliphatic heterocycles. The van der Waals surface area contributed by atoms with Gasteiger partial charge in [-0.1, -0.05) is 6.92 Å². The molecule has 0 amide bonds. The van der Waals surface area contributed by atoms with Crippen molar-refractivity contribution in [2.24, 2.45) is 0 Å². The summed E-state index contributed by atoms with van der Waals surface area (Å²) in [7, 11) is 0.998. The second kappa shape index (κ2) is 5.58. The summed E-state index contributed by atoms with van der Waals surface area (Å²) in [5, 5.41) is -0.364. The standard InChI is InChI=1S/C14H12F5NO2/c1-3-7-4-10(21)8-5-9(15)11(16)13(22-2)12(8)20(7)6-14(17,18)19/h4-5H,3,6H2,1-2H3. The number of nitrogens with zero attached hydrogens (tertiary/aromatic N) is 1. The maximum atomic E-state index is 13.8.